The van der Waals surface area contributed by atoms with E-state index in [4.69, 9.17) is 4.74 Å². The third kappa shape index (κ3) is 4.52. The lowest BCUT2D eigenvalue weighted by atomic mass is 10.3. The van der Waals surface area contributed by atoms with Gasteiger partial charge in [0.25, 0.3) is 0 Å². The molecular weight excluding hydrogens is 232 g/mol. The highest BCUT2D eigenvalue weighted by Gasteiger charge is 2.25. The fraction of sp³-hybridized carbons (Fsp3) is 0.385. The van der Waals surface area contributed by atoms with Crippen LogP contribution in [0.25, 0.3) is 0 Å². The molecular formula is C13H18O3Si. The van der Waals surface area contributed by atoms with E-state index in [9.17, 15) is 9.59 Å². The Labute approximate surface area is 103 Å². The summed E-state index contributed by atoms with van der Waals surface area (Å²) in [6, 6.07) is 10.1. The van der Waals surface area contributed by atoms with Crippen molar-refractivity contribution in [2.45, 2.75) is 26.4 Å². The molecule has 0 aliphatic rings. The third-order valence-corrected chi connectivity index (χ3v) is 5.30. The first-order chi connectivity index (χ1) is 7.92. The molecule has 0 spiro atoms. The van der Waals surface area contributed by atoms with Gasteiger partial charge in [-0.1, -0.05) is 48.6 Å². The maximum absolute atomic E-state index is 11.3. The molecule has 0 heterocycles. The molecule has 17 heavy (non-hydrogen) atoms. The predicted octanol–water partition coefficient (Wildman–Crippen LogP) is 1.66. The van der Waals surface area contributed by atoms with E-state index >= 15 is 0 Å². The Morgan fingerprint density at radius 1 is 1.18 bits per heavy atom. The van der Waals surface area contributed by atoms with Crippen LogP contribution in [0.5, 0.6) is 0 Å². The van der Waals surface area contributed by atoms with Crippen molar-refractivity contribution in [1.82, 2.24) is 0 Å². The van der Waals surface area contributed by atoms with E-state index in [0.717, 1.165) is 0 Å². The molecule has 0 aromatic heterocycles. The topological polar surface area (TPSA) is 43.4 Å². The number of esters is 1. The van der Waals surface area contributed by atoms with Gasteiger partial charge in [0.15, 0.2) is 0 Å². The van der Waals surface area contributed by atoms with Gasteiger partial charge in [0, 0.05) is 0 Å². The summed E-state index contributed by atoms with van der Waals surface area (Å²) in [6.45, 7) is 5.67. The molecule has 0 radical (unpaired) electrons. The van der Waals surface area contributed by atoms with Crippen LogP contribution in [0.15, 0.2) is 30.3 Å². The molecule has 0 aliphatic heterocycles. The number of hydrogen-bond acceptors (Lipinski definition) is 3. The van der Waals surface area contributed by atoms with Gasteiger partial charge in [-0.05, 0) is 6.92 Å². The summed E-state index contributed by atoms with van der Waals surface area (Å²) >= 11 is 0. The summed E-state index contributed by atoms with van der Waals surface area (Å²) in [5, 5.41) is 1.25. The zero-order valence-electron chi connectivity index (χ0n) is 10.5. The molecule has 0 N–H and O–H groups in total. The van der Waals surface area contributed by atoms with Crippen molar-refractivity contribution >= 4 is 25.0 Å². The second kappa shape index (κ2) is 5.77. The van der Waals surface area contributed by atoms with E-state index in [0.29, 0.717) is 6.23 Å². The largest absolute Gasteiger partial charge is 0.469 e. The van der Waals surface area contributed by atoms with Crippen LogP contribution < -0.4 is 5.19 Å². The number of ketones is 1. The maximum atomic E-state index is 11.3. The Balaban J connectivity index is 2.56. The Hall–Kier alpha value is -1.42. The molecule has 0 atom stereocenters. The van der Waals surface area contributed by atoms with Crippen LogP contribution in [0.4, 0.5) is 0 Å². The molecule has 0 saturated carbocycles. The summed E-state index contributed by atoms with van der Waals surface area (Å²) in [6.07, 6.45) is 0.294. The second-order valence-electron chi connectivity index (χ2n) is 4.79. The molecule has 0 amide bonds. The lowest BCUT2D eigenvalue weighted by molar-refractivity contribution is -0.144. The van der Waals surface area contributed by atoms with Gasteiger partial charge in [0.05, 0.1) is 6.23 Å². The Bertz CT molecular complexity index is 398. The Morgan fingerprint density at radius 3 is 2.29 bits per heavy atom. The summed E-state index contributed by atoms with van der Waals surface area (Å²) in [7, 11) is -1.75. The molecule has 1 aromatic rings. The number of hydrogen-bond donors (Lipinski definition) is 0. The van der Waals surface area contributed by atoms with Crippen LogP contribution in [0.3, 0.4) is 0 Å². The summed E-state index contributed by atoms with van der Waals surface area (Å²) in [4.78, 5) is 22.1. The molecule has 0 saturated heterocycles. The molecule has 1 aromatic carbocycles. The summed E-state index contributed by atoms with van der Waals surface area (Å²) < 4.78 is 5.17. The Morgan fingerprint density at radius 2 is 1.76 bits per heavy atom. The van der Waals surface area contributed by atoms with Gasteiger partial charge >= 0.3 is 5.97 Å². The second-order valence-corrected chi connectivity index (χ2v) is 9.42. The van der Waals surface area contributed by atoms with Crippen molar-refractivity contribution in [1.29, 1.82) is 0 Å². The smallest absolute Gasteiger partial charge is 0.312 e. The zero-order chi connectivity index (χ0) is 12.9. The average Bonchev–Trinajstić information content (AvgIpc) is 2.27. The minimum Gasteiger partial charge on any atom is -0.469 e. The molecule has 0 unspecified atom stereocenters. The quantitative estimate of drug-likeness (QED) is 0.453. The van der Waals surface area contributed by atoms with E-state index in [2.05, 4.69) is 25.2 Å². The predicted molar refractivity (Wildman–Crippen MR) is 69.8 cm³/mol. The number of carbonyl (C=O) groups excluding carboxylic acids is 2. The number of Topliss-reactive ketones (excluding diaryl/α,β-unsaturated/α-hetero) is 1. The van der Waals surface area contributed by atoms with Crippen molar-refractivity contribution < 1.29 is 14.3 Å². The van der Waals surface area contributed by atoms with Crippen LogP contribution in [-0.4, -0.2) is 26.1 Å². The SMILES string of the molecule is CC(=O)CC(=O)OC[Si](C)(C)c1ccccc1. The van der Waals surface area contributed by atoms with Crippen LogP contribution in [0.1, 0.15) is 13.3 Å². The van der Waals surface area contributed by atoms with Crippen LogP contribution in [0.2, 0.25) is 13.1 Å². The fourth-order valence-electron chi connectivity index (χ4n) is 1.49. The van der Waals surface area contributed by atoms with E-state index in [-0.39, 0.29) is 12.2 Å². The molecule has 0 fully saturated rings. The highest BCUT2D eigenvalue weighted by Crippen LogP contribution is 2.04. The maximum Gasteiger partial charge on any atom is 0.312 e. The first-order valence-electron chi connectivity index (χ1n) is 5.62. The van der Waals surface area contributed by atoms with Crippen molar-refractivity contribution in [3.63, 3.8) is 0 Å². The minimum absolute atomic E-state index is 0.126. The third-order valence-electron chi connectivity index (χ3n) is 2.54. The van der Waals surface area contributed by atoms with Crippen LogP contribution in [-0.2, 0) is 14.3 Å². The fourth-order valence-corrected chi connectivity index (χ4v) is 3.27. The standard InChI is InChI=1S/C13H18O3Si/c1-11(14)9-13(15)16-10-17(2,3)12-7-5-4-6-8-12/h4-8H,9-10H2,1-3H3. The number of ether oxygens (including phenoxy) is 1. The van der Waals surface area contributed by atoms with Crippen LogP contribution in [0, 0.1) is 0 Å². The van der Waals surface area contributed by atoms with Gasteiger partial charge < -0.3 is 4.74 Å². The monoisotopic (exact) mass is 250 g/mol. The highest BCUT2D eigenvalue weighted by atomic mass is 28.3. The van der Waals surface area contributed by atoms with Gasteiger partial charge in [0.2, 0.25) is 0 Å². The van der Waals surface area contributed by atoms with Gasteiger partial charge in [-0.25, -0.2) is 0 Å². The molecule has 3 nitrogen and oxygen atoms in total. The normalized spacial score (nSPS) is 11.0. The molecule has 92 valence electrons. The van der Waals surface area contributed by atoms with Crippen LogP contribution >= 0.6 is 0 Å². The van der Waals surface area contributed by atoms with Crippen molar-refractivity contribution in [3.05, 3.63) is 30.3 Å². The lowest BCUT2D eigenvalue weighted by Gasteiger charge is -2.22. The molecule has 0 aliphatic carbocycles. The average molecular weight is 250 g/mol. The van der Waals surface area contributed by atoms with E-state index in [1.54, 1.807) is 0 Å². The number of rotatable bonds is 5. The lowest BCUT2D eigenvalue weighted by Crippen LogP contribution is -2.46. The van der Waals surface area contributed by atoms with Gasteiger partial charge in [-0.15, -0.1) is 0 Å². The zero-order valence-corrected chi connectivity index (χ0v) is 11.5. The summed E-state index contributed by atoms with van der Waals surface area (Å²) in [5.41, 5.74) is 0. The summed E-state index contributed by atoms with van der Waals surface area (Å²) in [5.74, 6) is -0.580. The van der Waals surface area contributed by atoms with Crippen molar-refractivity contribution in [3.8, 4) is 0 Å². The number of benzene rings is 1. The highest BCUT2D eigenvalue weighted by molar-refractivity contribution is 6.89. The van der Waals surface area contributed by atoms with Crippen molar-refractivity contribution in [2.24, 2.45) is 0 Å². The minimum atomic E-state index is -1.75. The van der Waals surface area contributed by atoms with Crippen molar-refractivity contribution in [2.75, 3.05) is 6.23 Å². The van der Waals surface area contributed by atoms with Gasteiger partial charge in [-0.3, -0.25) is 9.59 Å². The van der Waals surface area contributed by atoms with Gasteiger partial charge in [-0.2, -0.15) is 0 Å². The van der Waals surface area contributed by atoms with E-state index in [1.165, 1.54) is 12.1 Å². The number of carbonyl (C=O) groups is 2. The van der Waals surface area contributed by atoms with E-state index < -0.39 is 14.0 Å². The Kier molecular flexibility index (Phi) is 4.63. The first kappa shape index (κ1) is 13.6. The first-order valence-corrected chi connectivity index (χ1v) is 8.83. The molecule has 0 bridgehead atoms. The molecule has 1 rings (SSSR count). The molecule has 4 heteroatoms. The van der Waals surface area contributed by atoms with E-state index in [1.807, 2.05) is 18.2 Å². The van der Waals surface area contributed by atoms with Gasteiger partial charge in [0.1, 0.15) is 20.3 Å².